The van der Waals surface area contributed by atoms with E-state index in [2.05, 4.69) is 46.6 Å². The molecule has 2 aliphatic rings. The fourth-order valence-corrected chi connectivity index (χ4v) is 6.25. The average molecular weight is 508 g/mol. The first kappa shape index (κ1) is 24.9. The molecule has 2 heterocycles. The van der Waals surface area contributed by atoms with Gasteiger partial charge in [0.1, 0.15) is 12.1 Å². The molecule has 1 aromatic heterocycles. The SMILES string of the molecule is O=C(NO)c1cc2ccc(CNCc3ccc(CN4CCC[C@@H]4C(=O)OC4CCCC4)cc3)cc2s1. The van der Waals surface area contributed by atoms with E-state index < -0.39 is 5.91 Å². The minimum absolute atomic E-state index is 0.0335. The van der Waals surface area contributed by atoms with E-state index in [4.69, 9.17) is 9.94 Å². The molecule has 8 heteroatoms. The van der Waals surface area contributed by atoms with Crippen molar-refractivity contribution < 1.29 is 19.5 Å². The van der Waals surface area contributed by atoms with Crippen LogP contribution in [0.15, 0.2) is 48.5 Å². The second-order valence-electron chi connectivity index (χ2n) is 9.82. The molecule has 0 unspecified atom stereocenters. The van der Waals surface area contributed by atoms with Crippen LogP contribution in [0.4, 0.5) is 0 Å². The molecule has 190 valence electrons. The van der Waals surface area contributed by atoms with E-state index in [-0.39, 0.29) is 18.1 Å². The van der Waals surface area contributed by atoms with Gasteiger partial charge >= 0.3 is 5.97 Å². The van der Waals surface area contributed by atoms with E-state index in [1.807, 2.05) is 6.07 Å². The molecule has 3 aromatic rings. The number of thiophene rings is 1. The highest BCUT2D eigenvalue weighted by atomic mass is 32.1. The second-order valence-corrected chi connectivity index (χ2v) is 10.9. The number of carbonyl (C=O) groups excluding carboxylic acids is 2. The zero-order chi connectivity index (χ0) is 24.9. The van der Waals surface area contributed by atoms with Gasteiger partial charge in [-0.2, -0.15) is 0 Å². The van der Waals surface area contributed by atoms with Gasteiger partial charge < -0.3 is 10.1 Å². The zero-order valence-electron chi connectivity index (χ0n) is 20.4. The zero-order valence-corrected chi connectivity index (χ0v) is 21.2. The smallest absolute Gasteiger partial charge is 0.323 e. The number of hydroxylamine groups is 1. The van der Waals surface area contributed by atoms with E-state index in [9.17, 15) is 9.59 Å². The largest absolute Gasteiger partial charge is 0.461 e. The highest BCUT2D eigenvalue weighted by Gasteiger charge is 2.33. The molecule has 1 saturated carbocycles. The predicted octanol–water partition coefficient (Wildman–Crippen LogP) is 4.76. The number of hydrogen-bond donors (Lipinski definition) is 3. The Morgan fingerprint density at radius 3 is 2.44 bits per heavy atom. The molecule has 36 heavy (non-hydrogen) atoms. The van der Waals surface area contributed by atoms with E-state index in [0.717, 1.165) is 67.5 Å². The molecule has 2 fully saturated rings. The van der Waals surface area contributed by atoms with Crippen molar-refractivity contribution in [3.8, 4) is 0 Å². The van der Waals surface area contributed by atoms with Gasteiger partial charge in [-0.3, -0.25) is 19.7 Å². The van der Waals surface area contributed by atoms with Crippen molar-refractivity contribution in [1.29, 1.82) is 0 Å². The Labute approximate surface area is 215 Å². The van der Waals surface area contributed by atoms with Crippen molar-refractivity contribution in [1.82, 2.24) is 15.7 Å². The second kappa shape index (κ2) is 11.5. The van der Waals surface area contributed by atoms with Crippen LogP contribution >= 0.6 is 11.3 Å². The molecule has 1 amide bonds. The van der Waals surface area contributed by atoms with E-state index in [1.165, 1.54) is 35.3 Å². The van der Waals surface area contributed by atoms with Crippen LogP contribution in [0.2, 0.25) is 0 Å². The Bertz CT molecular complexity index is 1200. The van der Waals surface area contributed by atoms with Crippen LogP contribution in [-0.2, 0) is 29.2 Å². The van der Waals surface area contributed by atoms with Gasteiger partial charge in [-0.1, -0.05) is 36.4 Å². The van der Waals surface area contributed by atoms with Crippen LogP contribution in [0, 0.1) is 0 Å². The number of carbonyl (C=O) groups is 2. The lowest BCUT2D eigenvalue weighted by Crippen LogP contribution is -2.38. The minimum atomic E-state index is -0.483. The fourth-order valence-electron chi connectivity index (χ4n) is 5.23. The third kappa shape index (κ3) is 5.95. The first-order valence-electron chi connectivity index (χ1n) is 12.8. The third-order valence-electron chi connectivity index (χ3n) is 7.20. The number of likely N-dealkylation sites (tertiary alicyclic amines) is 1. The van der Waals surface area contributed by atoms with E-state index >= 15 is 0 Å². The number of benzene rings is 2. The summed E-state index contributed by atoms with van der Waals surface area (Å²) in [6, 6.07) is 16.4. The summed E-state index contributed by atoms with van der Waals surface area (Å²) in [6.07, 6.45) is 6.43. The van der Waals surface area contributed by atoms with Gasteiger partial charge in [-0.15, -0.1) is 11.3 Å². The topological polar surface area (TPSA) is 90.9 Å². The molecule has 7 nitrogen and oxygen atoms in total. The molecule has 5 rings (SSSR count). The van der Waals surface area contributed by atoms with Crippen molar-refractivity contribution in [3.05, 3.63) is 70.1 Å². The van der Waals surface area contributed by atoms with Crippen molar-refractivity contribution >= 4 is 33.3 Å². The predicted molar refractivity (Wildman–Crippen MR) is 140 cm³/mol. The van der Waals surface area contributed by atoms with Gasteiger partial charge in [0.15, 0.2) is 0 Å². The van der Waals surface area contributed by atoms with E-state index in [0.29, 0.717) is 4.88 Å². The van der Waals surface area contributed by atoms with Crippen molar-refractivity contribution in [2.45, 2.75) is 70.3 Å². The lowest BCUT2D eigenvalue weighted by atomic mass is 10.1. The Morgan fingerprint density at radius 1 is 0.944 bits per heavy atom. The maximum Gasteiger partial charge on any atom is 0.323 e. The highest BCUT2D eigenvalue weighted by molar-refractivity contribution is 7.20. The van der Waals surface area contributed by atoms with Crippen LogP contribution in [0.5, 0.6) is 0 Å². The van der Waals surface area contributed by atoms with Gasteiger partial charge in [0, 0.05) is 24.3 Å². The number of fused-ring (bicyclic) bond motifs is 1. The summed E-state index contributed by atoms with van der Waals surface area (Å²) in [5, 5.41) is 13.3. The lowest BCUT2D eigenvalue weighted by molar-refractivity contribution is -0.154. The van der Waals surface area contributed by atoms with E-state index in [1.54, 1.807) is 11.5 Å². The number of esters is 1. The third-order valence-corrected chi connectivity index (χ3v) is 8.29. The number of ether oxygens (including phenoxy) is 1. The number of nitrogens with zero attached hydrogens (tertiary/aromatic N) is 1. The summed E-state index contributed by atoms with van der Waals surface area (Å²) in [4.78, 5) is 27.1. The number of amides is 1. The summed E-state index contributed by atoms with van der Waals surface area (Å²) in [6.45, 7) is 3.18. The molecule has 1 saturated heterocycles. The summed E-state index contributed by atoms with van der Waals surface area (Å²) >= 11 is 1.37. The molecular weight excluding hydrogens is 474 g/mol. The number of nitrogens with one attached hydrogen (secondary N) is 2. The monoisotopic (exact) mass is 507 g/mol. The molecule has 0 spiro atoms. The average Bonchev–Trinajstić information content (AvgIpc) is 3.65. The van der Waals surface area contributed by atoms with Crippen molar-refractivity contribution in [3.63, 3.8) is 0 Å². The van der Waals surface area contributed by atoms with Crippen molar-refractivity contribution in [2.75, 3.05) is 6.54 Å². The maximum atomic E-state index is 12.7. The normalized spacial score (nSPS) is 18.6. The molecule has 1 aliphatic carbocycles. The quantitative estimate of drug-likeness (QED) is 0.220. The summed E-state index contributed by atoms with van der Waals surface area (Å²) in [7, 11) is 0. The van der Waals surface area contributed by atoms with Gasteiger partial charge in [-0.05, 0) is 79.3 Å². The van der Waals surface area contributed by atoms with Crippen molar-refractivity contribution in [2.24, 2.45) is 0 Å². The molecule has 3 N–H and O–H groups in total. The molecule has 1 aliphatic heterocycles. The van der Waals surface area contributed by atoms with Gasteiger partial charge in [0.25, 0.3) is 5.91 Å². The lowest BCUT2D eigenvalue weighted by Gasteiger charge is -2.24. The maximum absolute atomic E-state index is 12.7. The summed E-state index contributed by atoms with van der Waals surface area (Å²) in [5.41, 5.74) is 5.25. The summed E-state index contributed by atoms with van der Waals surface area (Å²) < 4.78 is 6.81. The van der Waals surface area contributed by atoms with Crippen LogP contribution in [0.25, 0.3) is 10.1 Å². The molecule has 2 aromatic carbocycles. The molecule has 0 radical (unpaired) electrons. The molecule has 1 atom stereocenters. The Hall–Kier alpha value is -2.78. The van der Waals surface area contributed by atoms with Crippen LogP contribution in [0.3, 0.4) is 0 Å². The Balaban J connectivity index is 1.11. The highest BCUT2D eigenvalue weighted by Crippen LogP contribution is 2.27. The van der Waals surface area contributed by atoms with Gasteiger partial charge in [-0.25, -0.2) is 5.48 Å². The minimum Gasteiger partial charge on any atom is -0.461 e. The van der Waals surface area contributed by atoms with Crippen LogP contribution in [0.1, 0.15) is 64.9 Å². The first-order valence-corrected chi connectivity index (χ1v) is 13.6. The number of hydrogen-bond acceptors (Lipinski definition) is 7. The van der Waals surface area contributed by atoms with Crippen LogP contribution < -0.4 is 10.8 Å². The van der Waals surface area contributed by atoms with Gasteiger partial charge in [0.2, 0.25) is 0 Å². The van der Waals surface area contributed by atoms with Gasteiger partial charge in [0.05, 0.1) is 4.88 Å². The van der Waals surface area contributed by atoms with Crippen LogP contribution in [-0.4, -0.2) is 40.7 Å². The summed E-state index contributed by atoms with van der Waals surface area (Å²) in [5.74, 6) is -0.516. The Morgan fingerprint density at radius 2 is 1.67 bits per heavy atom. The fraction of sp³-hybridized carbons (Fsp3) is 0.429. The standard InChI is InChI=1S/C28H33N3O4S/c32-27(30-34)26-15-22-12-11-21(14-25(22)36-26)17-29-16-19-7-9-20(10-8-19)18-31-13-3-6-24(31)28(33)35-23-4-1-2-5-23/h7-12,14-15,23-24,29,34H,1-6,13,16-18H2,(H,30,32)/t24-/m1/s1. The first-order chi connectivity index (χ1) is 17.6. The molecule has 0 bridgehead atoms. The Kier molecular flexibility index (Phi) is 7.96. The molecular formula is C28H33N3O4S. The number of rotatable bonds is 9.